The van der Waals surface area contributed by atoms with Crippen molar-refractivity contribution in [1.82, 2.24) is 4.90 Å². The third kappa shape index (κ3) is 2.28. The number of aliphatic hydroxyl groups excluding tert-OH is 1. The van der Waals surface area contributed by atoms with E-state index in [0.717, 1.165) is 9.75 Å². The summed E-state index contributed by atoms with van der Waals surface area (Å²) >= 11 is 1.54. The van der Waals surface area contributed by atoms with Crippen LogP contribution < -0.4 is 0 Å². The van der Waals surface area contributed by atoms with Crippen LogP contribution in [-0.4, -0.2) is 35.1 Å². The van der Waals surface area contributed by atoms with Crippen LogP contribution >= 0.6 is 11.3 Å². The fraction of sp³-hybridized carbons (Fsp3) is 0.583. The third-order valence-electron chi connectivity index (χ3n) is 3.10. The lowest BCUT2D eigenvalue weighted by molar-refractivity contribution is 0.0300. The first-order chi connectivity index (χ1) is 7.58. The maximum absolute atomic E-state index is 12.1. The van der Waals surface area contributed by atoms with E-state index < -0.39 is 0 Å². The molecule has 1 aliphatic rings. The highest BCUT2D eigenvalue weighted by Gasteiger charge is 2.28. The van der Waals surface area contributed by atoms with Crippen LogP contribution in [-0.2, 0) is 0 Å². The predicted molar refractivity (Wildman–Crippen MR) is 64.7 cm³/mol. The van der Waals surface area contributed by atoms with Gasteiger partial charge in [-0.05, 0) is 31.4 Å². The van der Waals surface area contributed by atoms with Crippen molar-refractivity contribution in [2.75, 3.05) is 13.1 Å². The van der Waals surface area contributed by atoms with Crippen molar-refractivity contribution >= 4 is 17.2 Å². The molecular formula is C12H17NO2S. The molecule has 2 rings (SSSR count). The van der Waals surface area contributed by atoms with E-state index in [-0.39, 0.29) is 17.9 Å². The van der Waals surface area contributed by atoms with Crippen LogP contribution in [0.1, 0.15) is 27.9 Å². The van der Waals surface area contributed by atoms with Crippen molar-refractivity contribution in [3.05, 3.63) is 21.9 Å². The predicted octanol–water partition coefficient (Wildman–Crippen LogP) is 1.90. The van der Waals surface area contributed by atoms with Crippen LogP contribution in [0.15, 0.2) is 12.1 Å². The van der Waals surface area contributed by atoms with Crippen molar-refractivity contribution in [2.24, 2.45) is 5.92 Å². The standard InChI is InChI=1S/C12H17NO2S/c1-8-7-13(6-5-10(8)14)12(15)11-4-3-9(2)16-11/h3-4,8,10,14H,5-7H2,1-2H3. The van der Waals surface area contributed by atoms with Gasteiger partial charge in [-0.1, -0.05) is 6.92 Å². The molecule has 4 heteroatoms. The SMILES string of the molecule is Cc1ccc(C(=O)N2CCC(O)C(C)C2)s1. The molecule has 0 saturated carbocycles. The van der Waals surface area contributed by atoms with E-state index in [9.17, 15) is 9.90 Å². The maximum Gasteiger partial charge on any atom is 0.263 e. The first kappa shape index (κ1) is 11.6. The molecule has 2 heterocycles. The smallest absolute Gasteiger partial charge is 0.263 e. The molecule has 1 saturated heterocycles. The molecule has 3 nitrogen and oxygen atoms in total. The quantitative estimate of drug-likeness (QED) is 0.813. The van der Waals surface area contributed by atoms with Gasteiger partial charge in [-0.15, -0.1) is 11.3 Å². The zero-order valence-electron chi connectivity index (χ0n) is 9.64. The number of carbonyl (C=O) groups is 1. The minimum atomic E-state index is -0.255. The van der Waals surface area contributed by atoms with E-state index in [1.165, 1.54) is 11.3 Å². The van der Waals surface area contributed by atoms with E-state index in [0.29, 0.717) is 19.5 Å². The number of aryl methyl sites for hydroxylation is 1. The number of rotatable bonds is 1. The maximum atomic E-state index is 12.1. The molecule has 1 aromatic rings. The molecule has 1 aromatic heterocycles. The summed E-state index contributed by atoms with van der Waals surface area (Å²) in [5.41, 5.74) is 0. The summed E-state index contributed by atoms with van der Waals surface area (Å²) in [5.74, 6) is 0.288. The summed E-state index contributed by atoms with van der Waals surface area (Å²) < 4.78 is 0. The second-order valence-corrected chi connectivity index (χ2v) is 5.78. The number of likely N-dealkylation sites (tertiary alicyclic amines) is 1. The summed E-state index contributed by atoms with van der Waals surface area (Å²) in [7, 11) is 0. The minimum Gasteiger partial charge on any atom is -0.393 e. The van der Waals surface area contributed by atoms with Crippen LogP contribution in [0.5, 0.6) is 0 Å². The average molecular weight is 239 g/mol. The number of hydrogen-bond acceptors (Lipinski definition) is 3. The Hall–Kier alpha value is -0.870. The Morgan fingerprint density at radius 1 is 1.56 bits per heavy atom. The Balaban J connectivity index is 2.06. The van der Waals surface area contributed by atoms with Crippen LogP contribution in [0.3, 0.4) is 0 Å². The zero-order chi connectivity index (χ0) is 11.7. The van der Waals surface area contributed by atoms with Gasteiger partial charge < -0.3 is 10.0 Å². The first-order valence-electron chi connectivity index (χ1n) is 5.61. The lowest BCUT2D eigenvalue weighted by Crippen LogP contribution is -2.44. The highest BCUT2D eigenvalue weighted by Crippen LogP contribution is 2.22. The molecule has 1 N–H and O–H groups in total. The molecule has 2 atom stereocenters. The van der Waals surface area contributed by atoms with Crippen LogP contribution in [0, 0.1) is 12.8 Å². The van der Waals surface area contributed by atoms with E-state index in [1.54, 1.807) is 0 Å². The largest absolute Gasteiger partial charge is 0.393 e. The summed E-state index contributed by atoms with van der Waals surface area (Å²) in [6.45, 7) is 5.33. The molecule has 1 amide bonds. The fourth-order valence-electron chi connectivity index (χ4n) is 2.02. The lowest BCUT2D eigenvalue weighted by Gasteiger charge is -2.34. The van der Waals surface area contributed by atoms with Gasteiger partial charge in [-0.25, -0.2) is 0 Å². The van der Waals surface area contributed by atoms with E-state index >= 15 is 0 Å². The van der Waals surface area contributed by atoms with E-state index in [1.807, 2.05) is 30.9 Å². The normalized spacial score (nSPS) is 25.8. The molecule has 1 fully saturated rings. The molecule has 0 radical (unpaired) electrons. The molecular weight excluding hydrogens is 222 g/mol. The number of nitrogens with zero attached hydrogens (tertiary/aromatic N) is 1. The summed E-state index contributed by atoms with van der Waals surface area (Å²) in [6, 6.07) is 3.86. The average Bonchev–Trinajstić information content (AvgIpc) is 2.68. The van der Waals surface area contributed by atoms with Crippen molar-refractivity contribution in [3.8, 4) is 0 Å². The second kappa shape index (κ2) is 4.55. The summed E-state index contributed by atoms with van der Waals surface area (Å²) in [5, 5.41) is 9.62. The second-order valence-electron chi connectivity index (χ2n) is 4.49. The van der Waals surface area contributed by atoms with Crippen molar-refractivity contribution < 1.29 is 9.90 Å². The van der Waals surface area contributed by atoms with Crippen LogP contribution in [0.2, 0.25) is 0 Å². The monoisotopic (exact) mass is 239 g/mol. The van der Waals surface area contributed by atoms with Crippen LogP contribution in [0.25, 0.3) is 0 Å². The van der Waals surface area contributed by atoms with Crippen molar-refractivity contribution in [2.45, 2.75) is 26.4 Å². The Morgan fingerprint density at radius 2 is 2.31 bits per heavy atom. The van der Waals surface area contributed by atoms with Gasteiger partial charge in [0.2, 0.25) is 0 Å². The molecule has 2 unspecified atom stereocenters. The topological polar surface area (TPSA) is 40.5 Å². The Labute approximate surface area is 99.7 Å². The van der Waals surface area contributed by atoms with Gasteiger partial charge in [0.25, 0.3) is 5.91 Å². The molecule has 0 bridgehead atoms. The van der Waals surface area contributed by atoms with Crippen LogP contribution in [0.4, 0.5) is 0 Å². The highest BCUT2D eigenvalue weighted by molar-refractivity contribution is 7.13. The fourth-order valence-corrected chi connectivity index (χ4v) is 2.86. The van der Waals surface area contributed by atoms with Gasteiger partial charge in [-0.3, -0.25) is 4.79 Å². The lowest BCUT2D eigenvalue weighted by atomic mass is 9.97. The molecule has 0 aromatic carbocycles. The number of thiophene rings is 1. The van der Waals surface area contributed by atoms with E-state index in [4.69, 9.17) is 0 Å². The summed E-state index contributed by atoms with van der Waals surface area (Å²) in [6.07, 6.45) is 0.436. The minimum absolute atomic E-state index is 0.108. The zero-order valence-corrected chi connectivity index (χ0v) is 10.5. The number of carbonyl (C=O) groups excluding carboxylic acids is 1. The number of hydrogen-bond donors (Lipinski definition) is 1. The van der Waals surface area contributed by atoms with Crippen molar-refractivity contribution in [1.29, 1.82) is 0 Å². The molecule has 1 aliphatic heterocycles. The number of piperidine rings is 1. The highest BCUT2D eigenvalue weighted by atomic mass is 32.1. The summed E-state index contributed by atoms with van der Waals surface area (Å²) in [4.78, 5) is 15.9. The van der Waals surface area contributed by atoms with Gasteiger partial charge >= 0.3 is 0 Å². The van der Waals surface area contributed by atoms with Gasteiger partial charge in [0.05, 0.1) is 11.0 Å². The van der Waals surface area contributed by atoms with Gasteiger partial charge in [0.15, 0.2) is 0 Å². The molecule has 16 heavy (non-hydrogen) atoms. The molecule has 0 aliphatic carbocycles. The van der Waals surface area contributed by atoms with Crippen molar-refractivity contribution in [3.63, 3.8) is 0 Å². The molecule has 88 valence electrons. The third-order valence-corrected chi connectivity index (χ3v) is 4.09. The Morgan fingerprint density at radius 3 is 2.88 bits per heavy atom. The van der Waals surface area contributed by atoms with Gasteiger partial charge in [0.1, 0.15) is 0 Å². The van der Waals surface area contributed by atoms with E-state index in [2.05, 4.69) is 0 Å². The Bertz CT molecular complexity index is 388. The first-order valence-corrected chi connectivity index (χ1v) is 6.43. The number of aliphatic hydroxyl groups is 1. The molecule has 0 spiro atoms. The van der Waals surface area contributed by atoms with Gasteiger partial charge in [-0.2, -0.15) is 0 Å². The Kier molecular flexibility index (Phi) is 3.30. The van der Waals surface area contributed by atoms with Gasteiger partial charge in [0, 0.05) is 18.0 Å². The number of amides is 1.